The van der Waals surface area contributed by atoms with Gasteiger partial charge in [0.25, 0.3) is 0 Å². The van der Waals surface area contributed by atoms with Gasteiger partial charge in [-0.05, 0) is 75.3 Å². The zero-order valence-corrected chi connectivity index (χ0v) is 22.9. The molecule has 1 saturated carbocycles. The number of carbonyl (C=O) groups is 1. The van der Waals surface area contributed by atoms with Crippen LogP contribution in [0.15, 0.2) is 60.9 Å². The second kappa shape index (κ2) is 11.8. The van der Waals surface area contributed by atoms with Crippen molar-refractivity contribution in [1.29, 1.82) is 0 Å². The molecule has 39 heavy (non-hydrogen) atoms. The number of fused-ring (bicyclic) bond motifs is 1. The largest absolute Gasteiger partial charge is 0.457 e. The number of rotatable bonds is 6. The molecule has 2 aromatic heterocycles. The van der Waals surface area contributed by atoms with E-state index in [0.717, 1.165) is 65.0 Å². The van der Waals surface area contributed by atoms with Gasteiger partial charge in [-0.3, -0.25) is 4.79 Å². The van der Waals surface area contributed by atoms with Crippen LogP contribution in [-0.2, 0) is 4.79 Å². The first kappa shape index (κ1) is 26.6. The molecular weight excluding hydrogens is 510 g/mol. The highest BCUT2D eigenvalue weighted by Crippen LogP contribution is 2.39. The molecule has 0 bridgehead atoms. The third-order valence-electron chi connectivity index (χ3n) is 7.06. The molecule has 3 N–H and O–H groups in total. The van der Waals surface area contributed by atoms with Crippen LogP contribution in [0.3, 0.4) is 0 Å². The van der Waals surface area contributed by atoms with E-state index in [0.29, 0.717) is 5.82 Å². The Labute approximate surface area is 233 Å². The summed E-state index contributed by atoms with van der Waals surface area (Å²) >= 11 is 5.65. The van der Waals surface area contributed by atoms with E-state index in [-0.39, 0.29) is 29.8 Å². The van der Waals surface area contributed by atoms with Crippen molar-refractivity contribution in [3.05, 3.63) is 66.6 Å². The molecule has 1 amide bonds. The van der Waals surface area contributed by atoms with Gasteiger partial charge in [0, 0.05) is 23.6 Å². The first-order chi connectivity index (χ1) is 18.9. The van der Waals surface area contributed by atoms with Crippen LogP contribution in [0, 0.1) is 17.8 Å². The number of alkyl halides is 1. The Kier molecular flexibility index (Phi) is 8.04. The number of nitrogens with one attached hydrogen (secondary N) is 1. The zero-order valence-electron chi connectivity index (χ0n) is 22.2. The fourth-order valence-electron chi connectivity index (χ4n) is 5.20. The number of nitrogen functional groups attached to an aromatic ring is 1. The highest BCUT2D eigenvalue weighted by Gasteiger charge is 2.24. The van der Waals surface area contributed by atoms with Gasteiger partial charge in [0.15, 0.2) is 0 Å². The van der Waals surface area contributed by atoms with Gasteiger partial charge < -0.3 is 20.4 Å². The summed E-state index contributed by atoms with van der Waals surface area (Å²) in [4.78, 5) is 20.6. The normalized spacial score (nSPS) is 17.0. The van der Waals surface area contributed by atoms with Crippen LogP contribution in [0.4, 0.5) is 5.82 Å². The number of hydrogen-bond acceptors (Lipinski definition) is 5. The second-order valence-electron chi connectivity index (χ2n) is 10.1. The van der Waals surface area contributed by atoms with Gasteiger partial charge in [-0.15, -0.1) is 11.6 Å². The van der Waals surface area contributed by atoms with E-state index in [2.05, 4.69) is 45.5 Å². The third kappa shape index (κ3) is 5.86. The number of hydrogen-bond donors (Lipinski definition) is 2. The summed E-state index contributed by atoms with van der Waals surface area (Å²) in [7, 11) is 0. The molecule has 7 nitrogen and oxygen atoms in total. The highest BCUT2D eigenvalue weighted by molar-refractivity contribution is 6.27. The van der Waals surface area contributed by atoms with Crippen LogP contribution in [0.1, 0.15) is 51.3 Å². The molecule has 8 heteroatoms. The molecule has 1 fully saturated rings. The van der Waals surface area contributed by atoms with Crippen molar-refractivity contribution in [1.82, 2.24) is 19.9 Å². The maximum absolute atomic E-state index is 11.7. The molecule has 5 rings (SSSR count). The van der Waals surface area contributed by atoms with E-state index in [1.54, 1.807) is 0 Å². The summed E-state index contributed by atoms with van der Waals surface area (Å²) in [5.74, 6) is 9.12. The van der Waals surface area contributed by atoms with Crippen LogP contribution in [0.25, 0.3) is 22.2 Å². The molecule has 2 aromatic carbocycles. The summed E-state index contributed by atoms with van der Waals surface area (Å²) in [5.41, 5.74) is 9.98. The molecule has 0 spiro atoms. The number of nitrogens with two attached hydrogens (primary N) is 1. The van der Waals surface area contributed by atoms with Gasteiger partial charge in [-0.1, -0.05) is 36.3 Å². The van der Waals surface area contributed by atoms with Gasteiger partial charge in [0.2, 0.25) is 5.91 Å². The fourth-order valence-corrected chi connectivity index (χ4v) is 5.27. The zero-order chi connectivity index (χ0) is 27.4. The Morgan fingerprint density at radius 3 is 2.44 bits per heavy atom. The lowest BCUT2D eigenvalue weighted by molar-refractivity contribution is -0.119. The molecule has 0 saturated heterocycles. The molecule has 0 radical (unpaired) electrons. The van der Waals surface area contributed by atoms with Crippen LogP contribution < -0.4 is 15.8 Å². The first-order valence-corrected chi connectivity index (χ1v) is 13.8. The highest BCUT2D eigenvalue weighted by atomic mass is 35.5. The van der Waals surface area contributed by atoms with Crippen molar-refractivity contribution in [2.45, 2.75) is 51.6 Å². The van der Waals surface area contributed by atoms with Gasteiger partial charge in [-0.25, -0.2) is 9.97 Å². The van der Waals surface area contributed by atoms with Gasteiger partial charge in [0.05, 0.1) is 5.39 Å². The summed E-state index contributed by atoms with van der Waals surface area (Å²) in [6, 6.07) is 17.9. The Hall–Kier alpha value is -4.02. The van der Waals surface area contributed by atoms with Crippen molar-refractivity contribution in [3.63, 3.8) is 0 Å². The van der Waals surface area contributed by atoms with Gasteiger partial charge in [-0.2, -0.15) is 0 Å². The number of amides is 1. The van der Waals surface area contributed by atoms with E-state index < -0.39 is 0 Å². The number of carbonyl (C=O) groups excluding carboxylic acids is 1. The maximum atomic E-state index is 11.7. The fraction of sp³-hybridized carbons (Fsp3) is 0.323. The minimum Gasteiger partial charge on any atom is -0.457 e. The maximum Gasteiger partial charge on any atom is 0.235 e. The number of aromatic nitrogens is 3. The number of halogens is 1. The van der Waals surface area contributed by atoms with Gasteiger partial charge in [0.1, 0.15) is 40.9 Å². The summed E-state index contributed by atoms with van der Waals surface area (Å²) in [5, 5.41) is 3.80. The number of benzene rings is 2. The molecule has 0 aliphatic heterocycles. The SMILES string of the molecule is CC(C)n1c(C#CC2CCC(NC(=O)CCl)CC2)c(-c2ccc(Oc3ccccc3)cc2)c2c(N)ncnc21. The smallest absolute Gasteiger partial charge is 0.235 e. The molecule has 1 aliphatic carbocycles. The van der Waals surface area contributed by atoms with Crippen molar-refractivity contribution in [2.24, 2.45) is 5.92 Å². The predicted octanol–water partition coefficient (Wildman–Crippen LogP) is 6.32. The Bertz CT molecular complexity index is 1510. The van der Waals surface area contributed by atoms with Crippen molar-refractivity contribution >= 4 is 34.4 Å². The van der Waals surface area contributed by atoms with Crippen LogP contribution in [0.2, 0.25) is 0 Å². The molecule has 200 valence electrons. The quantitative estimate of drug-likeness (QED) is 0.220. The van der Waals surface area contributed by atoms with E-state index in [4.69, 9.17) is 22.1 Å². The van der Waals surface area contributed by atoms with E-state index in [1.807, 2.05) is 54.6 Å². The average Bonchev–Trinajstić information content (AvgIpc) is 3.29. The molecule has 0 unspecified atom stereocenters. The number of anilines is 1. The molecule has 1 aliphatic rings. The van der Waals surface area contributed by atoms with E-state index >= 15 is 0 Å². The van der Waals surface area contributed by atoms with Gasteiger partial charge >= 0.3 is 0 Å². The summed E-state index contributed by atoms with van der Waals surface area (Å²) in [6.45, 7) is 4.24. The summed E-state index contributed by atoms with van der Waals surface area (Å²) in [6.07, 6.45) is 5.13. The lowest BCUT2D eigenvalue weighted by atomic mass is 9.86. The second-order valence-corrected chi connectivity index (χ2v) is 10.4. The predicted molar refractivity (Wildman–Crippen MR) is 156 cm³/mol. The Morgan fingerprint density at radius 2 is 1.77 bits per heavy atom. The Balaban J connectivity index is 1.50. The third-order valence-corrected chi connectivity index (χ3v) is 7.30. The van der Waals surface area contributed by atoms with Crippen molar-refractivity contribution in [3.8, 4) is 34.5 Å². The minimum atomic E-state index is -0.115. The number of nitrogens with zero attached hydrogens (tertiary/aromatic N) is 3. The van der Waals surface area contributed by atoms with Crippen molar-refractivity contribution in [2.75, 3.05) is 11.6 Å². The Morgan fingerprint density at radius 1 is 1.08 bits per heavy atom. The average molecular weight is 542 g/mol. The van der Waals surface area contributed by atoms with Crippen LogP contribution >= 0.6 is 11.6 Å². The number of para-hydroxylation sites is 1. The van der Waals surface area contributed by atoms with Crippen LogP contribution in [0.5, 0.6) is 11.5 Å². The summed E-state index contributed by atoms with van der Waals surface area (Å²) < 4.78 is 8.15. The van der Waals surface area contributed by atoms with Crippen LogP contribution in [-0.4, -0.2) is 32.4 Å². The number of ether oxygens (including phenoxy) is 1. The van der Waals surface area contributed by atoms with Crippen molar-refractivity contribution < 1.29 is 9.53 Å². The molecule has 4 aromatic rings. The first-order valence-electron chi connectivity index (χ1n) is 13.3. The van der Waals surface area contributed by atoms with E-state index in [1.165, 1.54) is 6.33 Å². The lowest BCUT2D eigenvalue weighted by Gasteiger charge is -2.26. The molecular formula is C31H32ClN5O2. The molecule has 0 atom stereocenters. The molecule has 2 heterocycles. The lowest BCUT2D eigenvalue weighted by Crippen LogP contribution is -2.38. The topological polar surface area (TPSA) is 95.1 Å². The monoisotopic (exact) mass is 541 g/mol. The minimum absolute atomic E-state index is 0.00630. The van der Waals surface area contributed by atoms with E-state index in [9.17, 15) is 4.79 Å². The standard InChI is InChI=1S/C31H32ClN5O2/c1-20(2)37-26(17-10-21-8-13-23(14-9-21)36-27(38)18-32)28(29-30(33)34-19-35-31(29)37)22-11-15-25(16-12-22)39-24-6-4-3-5-7-24/h3-7,11-12,15-16,19-21,23H,8-9,13-14,18H2,1-2H3,(H,36,38)(H2,33,34,35).